The van der Waals surface area contributed by atoms with Gasteiger partial charge in [-0.3, -0.25) is 0 Å². The third-order valence-corrected chi connectivity index (χ3v) is 1.87. The number of hydrogen-bond acceptors (Lipinski definition) is 5. The lowest BCUT2D eigenvalue weighted by atomic mass is 10.1. The highest BCUT2D eigenvalue weighted by Crippen LogP contribution is 2.36. The maximum absolute atomic E-state index is 9.19. The lowest BCUT2D eigenvalue weighted by molar-refractivity contribution is 0.180. The molecule has 1 aromatic rings. The van der Waals surface area contributed by atoms with Crippen LogP contribution in [-0.2, 0) is 4.74 Å². The number of aromatic hydroxyl groups is 3. The summed E-state index contributed by atoms with van der Waals surface area (Å²) in [5.41, 5.74) is 6.16. The fraction of sp³-hybridized carbons (Fsp3) is 0.333. The van der Waals surface area contributed by atoms with Crippen LogP contribution >= 0.6 is 0 Å². The molecule has 1 aromatic carbocycles. The maximum atomic E-state index is 9.19. The van der Waals surface area contributed by atoms with Crippen molar-refractivity contribution in [1.29, 1.82) is 0 Å². The highest BCUT2D eigenvalue weighted by molar-refractivity contribution is 5.51. The molecule has 5 N–H and O–H groups in total. The van der Waals surface area contributed by atoms with Gasteiger partial charge in [-0.05, 0) is 17.7 Å². The summed E-state index contributed by atoms with van der Waals surface area (Å²) in [6.07, 6.45) is 0. The third kappa shape index (κ3) is 2.07. The monoisotopic (exact) mass is 199 g/mol. The lowest BCUT2D eigenvalue weighted by Crippen LogP contribution is -2.15. The standard InChI is InChI=1S/C9H13NO4/c1-14-4-6(10)5-2-7(11)9(13)8(12)3-5/h2-3,6,11-13H,4,10H2,1H3. The number of phenols is 3. The van der Waals surface area contributed by atoms with E-state index < -0.39 is 23.3 Å². The van der Waals surface area contributed by atoms with E-state index >= 15 is 0 Å². The van der Waals surface area contributed by atoms with Crippen molar-refractivity contribution >= 4 is 0 Å². The first-order valence-electron chi connectivity index (χ1n) is 4.05. The molecule has 0 saturated heterocycles. The molecule has 1 rings (SSSR count). The van der Waals surface area contributed by atoms with Crippen LogP contribution in [0.2, 0.25) is 0 Å². The first-order valence-corrected chi connectivity index (χ1v) is 4.05. The van der Waals surface area contributed by atoms with Crippen LogP contribution in [0.15, 0.2) is 12.1 Å². The van der Waals surface area contributed by atoms with Crippen molar-refractivity contribution in [2.24, 2.45) is 5.73 Å². The first-order chi connectivity index (χ1) is 6.56. The number of methoxy groups -OCH3 is 1. The van der Waals surface area contributed by atoms with Gasteiger partial charge in [0.2, 0.25) is 0 Å². The Kier molecular flexibility index (Phi) is 3.16. The second-order valence-corrected chi connectivity index (χ2v) is 2.97. The van der Waals surface area contributed by atoms with Crippen LogP contribution in [0.4, 0.5) is 0 Å². The fourth-order valence-electron chi connectivity index (χ4n) is 1.12. The molecule has 0 spiro atoms. The SMILES string of the molecule is COCC(N)c1cc(O)c(O)c(O)c1. The Morgan fingerprint density at radius 2 is 1.79 bits per heavy atom. The smallest absolute Gasteiger partial charge is 0.200 e. The molecule has 1 atom stereocenters. The molecule has 0 bridgehead atoms. The van der Waals surface area contributed by atoms with E-state index in [4.69, 9.17) is 15.6 Å². The number of rotatable bonds is 3. The van der Waals surface area contributed by atoms with Gasteiger partial charge in [-0.15, -0.1) is 0 Å². The summed E-state index contributed by atoms with van der Waals surface area (Å²) in [7, 11) is 1.50. The summed E-state index contributed by atoms with van der Waals surface area (Å²) in [5.74, 6) is -1.34. The normalized spacial score (nSPS) is 12.7. The minimum atomic E-state index is -0.543. The molecular formula is C9H13NO4. The average Bonchev–Trinajstić information content (AvgIpc) is 2.13. The highest BCUT2D eigenvalue weighted by Gasteiger charge is 2.12. The average molecular weight is 199 g/mol. The predicted octanol–water partition coefficient (Wildman–Crippen LogP) is 0.450. The van der Waals surface area contributed by atoms with Gasteiger partial charge in [-0.25, -0.2) is 0 Å². The van der Waals surface area contributed by atoms with Crippen molar-refractivity contribution < 1.29 is 20.1 Å². The number of benzene rings is 1. The topological polar surface area (TPSA) is 95.9 Å². The minimum absolute atomic E-state index is 0.268. The summed E-state index contributed by atoms with van der Waals surface area (Å²) in [6.45, 7) is 0.268. The second-order valence-electron chi connectivity index (χ2n) is 2.97. The molecule has 0 aliphatic heterocycles. The van der Waals surface area contributed by atoms with Gasteiger partial charge in [-0.2, -0.15) is 0 Å². The fourth-order valence-corrected chi connectivity index (χ4v) is 1.12. The van der Waals surface area contributed by atoms with E-state index in [2.05, 4.69) is 0 Å². The van der Waals surface area contributed by atoms with Crippen LogP contribution in [-0.4, -0.2) is 29.0 Å². The molecule has 5 heteroatoms. The Morgan fingerprint density at radius 3 is 2.21 bits per heavy atom. The summed E-state index contributed by atoms with van der Waals surface area (Å²) < 4.78 is 4.82. The molecule has 0 radical (unpaired) electrons. The summed E-state index contributed by atoms with van der Waals surface area (Å²) in [4.78, 5) is 0. The van der Waals surface area contributed by atoms with Crippen LogP contribution in [0.5, 0.6) is 17.2 Å². The quantitative estimate of drug-likeness (QED) is 0.530. The van der Waals surface area contributed by atoms with Gasteiger partial charge in [0, 0.05) is 7.11 Å². The van der Waals surface area contributed by atoms with E-state index in [1.807, 2.05) is 0 Å². The summed E-state index contributed by atoms with van der Waals surface area (Å²) >= 11 is 0. The Morgan fingerprint density at radius 1 is 1.29 bits per heavy atom. The Hall–Kier alpha value is -1.46. The van der Waals surface area contributed by atoms with Gasteiger partial charge in [-0.1, -0.05) is 0 Å². The largest absolute Gasteiger partial charge is 0.504 e. The highest BCUT2D eigenvalue weighted by atomic mass is 16.5. The molecule has 0 fully saturated rings. The van der Waals surface area contributed by atoms with Gasteiger partial charge >= 0.3 is 0 Å². The number of nitrogens with two attached hydrogens (primary N) is 1. The van der Waals surface area contributed by atoms with Crippen molar-refractivity contribution in [3.8, 4) is 17.2 Å². The Labute approximate surface area is 81.4 Å². The lowest BCUT2D eigenvalue weighted by Gasteiger charge is -2.12. The predicted molar refractivity (Wildman–Crippen MR) is 50.2 cm³/mol. The third-order valence-electron chi connectivity index (χ3n) is 1.87. The van der Waals surface area contributed by atoms with E-state index in [1.54, 1.807) is 0 Å². The molecule has 78 valence electrons. The molecule has 0 aromatic heterocycles. The van der Waals surface area contributed by atoms with Gasteiger partial charge in [0.25, 0.3) is 0 Å². The van der Waals surface area contributed by atoms with Crippen LogP contribution in [0.1, 0.15) is 11.6 Å². The van der Waals surface area contributed by atoms with E-state index in [9.17, 15) is 10.2 Å². The molecule has 1 unspecified atom stereocenters. The van der Waals surface area contributed by atoms with Crippen molar-refractivity contribution in [2.45, 2.75) is 6.04 Å². The maximum Gasteiger partial charge on any atom is 0.200 e. The van der Waals surface area contributed by atoms with E-state index in [1.165, 1.54) is 19.2 Å². The van der Waals surface area contributed by atoms with E-state index in [0.717, 1.165) is 0 Å². The minimum Gasteiger partial charge on any atom is -0.504 e. The van der Waals surface area contributed by atoms with Crippen molar-refractivity contribution in [3.05, 3.63) is 17.7 Å². The first kappa shape index (κ1) is 10.6. The van der Waals surface area contributed by atoms with Crippen molar-refractivity contribution in [3.63, 3.8) is 0 Å². The molecule has 0 aliphatic carbocycles. The van der Waals surface area contributed by atoms with Gasteiger partial charge in [0.15, 0.2) is 17.2 Å². The molecule has 14 heavy (non-hydrogen) atoms. The molecule has 0 aliphatic rings. The van der Waals surface area contributed by atoms with Gasteiger partial charge < -0.3 is 25.8 Å². The Balaban J connectivity index is 3.00. The number of phenolic OH excluding ortho intramolecular Hbond substituents is 3. The van der Waals surface area contributed by atoms with E-state index in [0.29, 0.717) is 5.56 Å². The van der Waals surface area contributed by atoms with Crippen molar-refractivity contribution in [2.75, 3.05) is 13.7 Å². The van der Waals surface area contributed by atoms with Crippen molar-refractivity contribution in [1.82, 2.24) is 0 Å². The molecule has 0 saturated carbocycles. The van der Waals surface area contributed by atoms with Crippen LogP contribution in [0, 0.1) is 0 Å². The number of ether oxygens (including phenoxy) is 1. The second kappa shape index (κ2) is 4.17. The Bertz CT molecular complexity index is 304. The molecular weight excluding hydrogens is 186 g/mol. The van der Waals surface area contributed by atoms with Gasteiger partial charge in [0.05, 0.1) is 12.6 Å². The van der Waals surface area contributed by atoms with Crippen LogP contribution in [0.3, 0.4) is 0 Å². The zero-order valence-electron chi connectivity index (χ0n) is 7.77. The molecule has 5 nitrogen and oxygen atoms in total. The number of hydrogen-bond donors (Lipinski definition) is 4. The van der Waals surface area contributed by atoms with E-state index in [-0.39, 0.29) is 6.61 Å². The summed E-state index contributed by atoms with van der Waals surface area (Å²) in [6, 6.07) is 2.13. The zero-order chi connectivity index (χ0) is 10.7. The molecule has 0 heterocycles. The van der Waals surface area contributed by atoms with Crippen LogP contribution in [0.25, 0.3) is 0 Å². The zero-order valence-corrected chi connectivity index (χ0v) is 7.77. The molecule has 0 amide bonds. The van der Waals surface area contributed by atoms with Gasteiger partial charge in [0.1, 0.15) is 0 Å². The van der Waals surface area contributed by atoms with Crippen LogP contribution < -0.4 is 5.73 Å². The summed E-state index contributed by atoms with van der Waals surface area (Å²) in [5, 5.41) is 27.5.